The van der Waals surface area contributed by atoms with Crippen LogP contribution < -0.4 is 15.8 Å². The lowest BCUT2D eigenvalue weighted by atomic mass is 9.84. The molecule has 2 aromatic rings. The number of nitrogens with two attached hydrogens (primary N) is 1. The lowest BCUT2D eigenvalue weighted by Gasteiger charge is -2.29. The van der Waals surface area contributed by atoms with Crippen LogP contribution in [-0.2, 0) is 23.0 Å². The van der Waals surface area contributed by atoms with Gasteiger partial charge >= 0.3 is 0 Å². The van der Waals surface area contributed by atoms with E-state index in [-0.39, 0.29) is 28.9 Å². The third-order valence-electron chi connectivity index (χ3n) is 5.68. The average molecular weight is 561 g/mol. The smallest absolute Gasteiger partial charge is 0.238 e. The summed E-state index contributed by atoms with van der Waals surface area (Å²) in [7, 11) is -3.68. The molecule has 1 aliphatic carbocycles. The molecule has 1 aromatic heterocycles. The zero-order valence-corrected chi connectivity index (χ0v) is 21.1. The van der Waals surface area contributed by atoms with Crippen LogP contribution in [0.3, 0.4) is 0 Å². The predicted octanol–water partition coefficient (Wildman–Crippen LogP) is 3.79. The second-order valence-electron chi connectivity index (χ2n) is 7.88. The second-order valence-corrected chi connectivity index (χ2v) is 9.44. The molecule has 0 unspecified atom stereocenters. The van der Waals surface area contributed by atoms with E-state index in [1.807, 2.05) is 12.1 Å². The van der Waals surface area contributed by atoms with Crippen molar-refractivity contribution in [3.8, 4) is 0 Å². The summed E-state index contributed by atoms with van der Waals surface area (Å²) in [4.78, 5) is 4.83. The van der Waals surface area contributed by atoms with Crippen LogP contribution >= 0.6 is 24.0 Å². The van der Waals surface area contributed by atoms with Gasteiger partial charge in [0.25, 0.3) is 0 Å². The molecule has 1 aromatic carbocycles. The normalized spacial score (nSPS) is 19.5. The number of halogens is 1. The van der Waals surface area contributed by atoms with E-state index in [0.29, 0.717) is 19.1 Å². The fourth-order valence-corrected chi connectivity index (χ4v) is 4.29. The van der Waals surface area contributed by atoms with Crippen molar-refractivity contribution in [1.29, 1.82) is 0 Å². The minimum atomic E-state index is -3.68. The summed E-state index contributed by atoms with van der Waals surface area (Å²) in [6, 6.07) is 10.8. The van der Waals surface area contributed by atoms with Crippen molar-refractivity contribution in [2.45, 2.75) is 62.9 Å². The predicted molar refractivity (Wildman–Crippen MR) is 134 cm³/mol. The van der Waals surface area contributed by atoms with E-state index < -0.39 is 10.0 Å². The third-order valence-corrected chi connectivity index (χ3v) is 6.61. The fourth-order valence-electron chi connectivity index (χ4n) is 3.77. The number of sulfonamides is 1. The van der Waals surface area contributed by atoms with Crippen molar-refractivity contribution in [1.82, 2.24) is 10.6 Å². The van der Waals surface area contributed by atoms with Crippen LogP contribution in [-0.4, -0.2) is 27.0 Å². The Hall–Kier alpha value is -1.59. The summed E-state index contributed by atoms with van der Waals surface area (Å²) in [6.07, 6.45) is 8.52. The van der Waals surface area contributed by atoms with Crippen molar-refractivity contribution in [2.75, 3.05) is 6.54 Å². The molecule has 4 N–H and O–H groups in total. The fraction of sp³-hybridized carbons (Fsp3) is 0.500. The first-order chi connectivity index (χ1) is 14.4. The second kappa shape index (κ2) is 12.4. The molecule has 0 aliphatic heterocycles. The van der Waals surface area contributed by atoms with Gasteiger partial charge < -0.3 is 15.1 Å². The van der Waals surface area contributed by atoms with E-state index in [2.05, 4.69) is 17.6 Å². The number of hydrogen-bond donors (Lipinski definition) is 3. The Balaban J connectivity index is 0.00000341. The Morgan fingerprint density at radius 3 is 2.45 bits per heavy atom. The molecule has 31 heavy (non-hydrogen) atoms. The molecule has 0 atom stereocenters. The van der Waals surface area contributed by atoms with E-state index in [1.165, 1.54) is 31.4 Å². The Morgan fingerprint density at radius 2 is 1.87 bits per heavy atom. The first-order valence-electron chi connectivity index (χ1n) is 10.6. The zero-order valence-electron chi connectivity index (χ0n) is 17.9. The van der Waals surface area contributed by atoms with Gasteiger partial charge in [0, 0.05) is 19.0 Å². The maximum atomic E-state index is 11.4. The molecular weight excluding hydrogens is 527 g/mol. The zero-order chi connectivity index (χ0) is 21.4. The van der Waals surface area contributed by atoms with Crippen molar-refractivity contribution >= 4 is 40.0 Å². The Kier molecular flexibility index (Phi) is 10.3. The Labute approximate surface area is 202 Å². The molecule has 0 amide bonds. The lowest BCUT2D eigenvalue weighted by Crippen LogP contribution is -2.45. The molecule has 0 bridgehead atoms. The molecule has 1 fully saturated rings. The van der Waals surface area contributed by atoms with Gasteiger partial charge in [0.05, 0.1) is 17.7 Å². The van der Waals surface area contributed by atoms with Crippen LogP contribution in [0, 0.1) is 5.92 Å². The van der Waals surface area contributed by atoms with E-state index in [1.54, 1.807) is 18.4 Å². The number of furan rings is 1. The van der Waals surface area contributed by atoms with Crippen LogP contribution in [0.25, 0.3) is 0 Å². The maximum absolute atomic E-state index is 11.4. The largest absolute Gasteiger partial charge is 0.469 e. The Morgan fingerprint density at radius 1 is 1.16 bits per heavy atom. The lowest BCUT2D eigenvalue weighted by molar-refractivity contribution is 0.304. The molecule has 172 valence electrons. The standard InChI is InChI=1S/C22H32N4O3S.HI/c1-2-17-5-9-19(10-6-17)26-22(24-14-13-20-4-3-15-29-20)25-16-18-7-11-21(12-8-18)30(23,27)28;/h3-4,7-8,11-12,15,17,19H,2,5-6,9-10,13-14,16H2,1H3,(H2,23,27,28)(H2,24,25,26);1H. The van der Waals surface area contributed by atoms with E-state index in [0.717, 1.165) is 42.5 Å². The summed E-state index contributed by atoms with van der Waals surface area (Å²) < 4.78 is 28.2. The number of benzene rings is 1. The molecule has 0 radical (unpaired) electrons. The van der Waals surface area contributed by atoms with E-state index >= 15 is 0 Å². The van der Waals surface area contributed by atoms with Crippen LogP contribution in [0.1, 0.15) is 50.4 Å². The van der Waals surface area contributed by atoms with Gasteiger partial charge in [-0.15, -0.1) is 24.0 Å². The first-order valence-corrected chi connectivity index (χ1v) is 12.2. The summed E-state index contributed by atoms with van der Waals surface area (Å²) >= 11 is 0. The third kappa shape index (κ3) is 8.46. The van der Waals surface area contributed by atoms with Gasteiger partial charge in [-0.3, -0.25) is 0 Å². The molecule has 7 nitrogen and oxygen atoms in total. The van der Waals surface area contributed by atoms with Crippen LogP contribution in [0.2, 0.25) is 0 Å². The maximum Gasteiger partial charge on any atom is 0.238 e. The van der Waals surface area contributed by atoms with Crippen molar-refractivity contribution < 1.29 is 12.8 Å². The minimum Gasteiger partial charge on any atom is -0.469 e. The minimum absolute atomic E-state index is 0. The van der Waals surface area contributed by atoms with Gasteiger partial charge in [-0.1, -0.05) is 25.5 Å². The molecular formula is C22H33IN4O3S. The van der Waals surface area contributed by atoms with Crippen molar-refractivity contribution in [2.24, 2.45) is 16.0 Å². The van der Waals surface area contributed by atoms with Gasteiger partial charge in [0.2, 0.25) is 10.0 Å². The summed E-state index contributed by atoms with van der Waals surface area (Å²) in [5.74, 6) is 2.55. The van der Waals surface area contributed by atoms with Gasteiger partial charge in [-0.25, -0.2) is 18.5 Å². The van der Waals surface area contributed by atoms with Gasteiger partial charge in [0.1, 0.15) is 5.76 Å². The quantitative estimate of drug-likeness (QED) is 0.259. The number of nitrogens with zero attached hydrogens (tertiary/aromatic N) is 1. The highest BCUT2D eigenvalue weighted by Gasteiger charge is 2.20. The number of nitrogens with one attached hydrogen (secondary N) is 2. The number of guanidine groups is 1. The molecule has 0 saturated heterocycles. The Bertz CT molecular complexity index is 907. The number of primary sulfonamides is 1. The number of aliphatic imine (C=N–C) groups is 1. The van der Waals surface area contributed by atoms with Crippen LogP contribution in [0.5, 0.6) is 0 Å². The first kappa shape index (κ1) is 25.7. The number of hydrogen-bond acceptors (Lipinski definition) is 4. The summed E-state index contributed by atoms with van der Waals surface area (Å²) in [5, 5.41) is 12.1. The molecule has 9 heteroatoms. The SMILES string of the molecule is CCC1CCC(NC(=NCc2ccc(S(N)(=O)=O)cc2)NCCc2ccco2)CC1.I. The summed E-state index contributed by atoms with van der Waals surface area (Å²) in [6.45, 7) is 3.43. The monoisotopic (exact) mass is 560 g/mol. The van der Waals surface area contributed by atoms with Gasteiger partial charge in [-0.2, -0.15) is 0 Å². The topological polar surface area (TPSA) is 110 Å². The number of rotatable bonds is 8. The molecule has 0 spiro atoms. The average Bonchev–Trinajstić information content (AvgIpc) is 3.25. The molecule has 3 rings (SSSR count). The highest BCUT2D eigenvalue weighted by atomic mass is 127. The highest BCUT2D eigenvalue weighted by Crippen LogP contribution is 2.26. The van der Waals surface area contributed by atoms with Crippen LogP contribution in [0.4, 0.5) is 0 Å². The summed E-state index contributed by atoms with van der Waals surface area (Å²) in [5.41, 5.74) is 0.921. The van der Waals surface area contributed by atoms with Crippen LogP contribution in [0.15, 0.2) is 57.0 Å². The molecule has 1 aliphatic rings. The highest BCUT2D eigenvalue weighted by molar-refractivity contribution is 14.0. The van der Waals surface area contributed by atoms with Gasteiger partial charge in [-0.05, 0) is 61.4 Å². The van der Waals surface area contributed by atoms with E-state index in [4.69, 9.17) is 14.5 Å². The van der Waals surface area contributed by atoms with E-state index in [9.17, 15) is 8.42 Å². The molecule has 1 saturated carbocycles. The van der Waals surface area contributed by atoms with Crippen molar-refractivity contribution in [3.63, 3.8) is 0 Å². The molecule has 1 heterocycles. The van der Waals surface area contributed by atoms with Gasteiger partial charge in [0.15, 0.2) is 5.96 Å². The van der Waals surface area contributed by atoms with Crippen molar-refractivity contribution in [3.05, 3.63) is 54.0 Å².